The normalized spacial score (nSPS) is 17.4. The molecule has 1 atom stereocenters. The molecule has 160 valence electrons. The molecule has 1 unspecified atom stereocenters. The van der Waals surface area contributed by atoms with Gasteiger partial charge in [0, 0.05) is 24.7 Å². The molecule has 29 heavy (non-hydrogen) atoms. The van der Waals surface area contributed by atoms with Crippen LogP contribution in [0.5, 0.6) is 0 Å². The number of nitrogens with one attached hydrogen (secondary N) is 1. The summed E-state index contributed by atoms with van der Waals surface area (Å²) in [7, 11) is -4.45. The molecule has 6 nitrogen and oxygen atoms in total. The Balaban J connectivity index is 1.87. The van der Waals surface area contributed by atoms with E-state index in [4.69, 9.17) is 20.8 Å². The summed E-state index contributed by atoms with van der Waals surface area (Å²) < 4.78 is 78.7. The van der Waals surface area contributed by atoms with Gasteiger partial charge in [0.05, 0.1) is 29.7 Å². The lowest BCUT2D eigenvalue weighted by Gasteiger charge is -2.33. The molecule has 11 heteroatoms. The number of sulfonamides is 1. The van der Waals surface area contributed by atoms with Crippen molar-refractivity contribution in [1.82, 2.24) is 9.62 Å². The smallest absolute Gasteiger partial charge is 0.417 e. The van der Waals surface area contributed by atoms with Crippen molar-refractivity contribution in [2.75, 3.05) is 32.8 Å². The number of hydrogen-bond acceptors (Lipinski definition) is 5. The Bertz CT molecular complexity index is 956. The maximum Gasteiger partial charge on any atom is 0.417 e. The first kappa shape index (κ1) is 22.1. The molecule has 3 rings (SSSR count). The average Bonchev–Trinajstić information content (AvgIpc) is 3.08. The molecule has 1 fully saturated rings. The lowest BCUT2D eigenvalue weighted by atomic mass is 10.2. The Kier molecular flexibility index (Phi) is 6.59. The maximum absolute atomic E-state index is 13.3. The van der Waals surface area contributed by atoms with Crippen molar-refractivity contribution in [1.29, 1.82) is 0 Å². The number of morpholine rings is 1. The monoisotopic (exact) mass is 452 g/mol. The van der Waals surface area contributed by atoms with Crippen LogP contribution >= 0.6 is 11.6 Å². The third-order valence-corrected chi connectivity index (χ3v) is 6.30. The molecule has 1 aromatic heterocycles. The number of rotatable bonds is 6. The second-order valence-electron chi connectivity index (χ2n) is 6.60. The first-order valence-corrected chi connectivity index (χ1v) is 10.7. The van der Waals surface area contributed by atoms with Crippen molar-refractivity contribution in [2.24, 2.45) is 0 Å². The molecule has 0 aliphatic carbocycles. The third-order valence-electron chi connectivity index (χ3n) is 4.58. The topological polar surface area (TPSA) is 71.8 Å². The van der Waals surface area contributed by atoms with Crippen molar-refractivity contribution in [3.05, 3.63) is 52.4 Å². The van der Waals surface area contributed by atoms with Gasteiger partial charge in [-0.25, -0.2) is 13.1 Å². The number of nitrogens with zero attached hydrogens (tertiary/aromatic N) is 1. The lowest BCUT2D eigenvalue weighted by molar-refractivity contribution is -0.139. The number of aryl methyl sites for hydroxylation is 1. The fourth-order valence-electron chi connectivity index (χ4n) is 3.16. The molecule has 0 bridgehead atoms. The number of ether oxygens (including phenoxy) is 1. The zero-order chi connectivity index (χ0) is 21.2. The summed E-state index contributed by atoms with van der Waals surface area (Å²) in [6, 6.07) is 5.57. The molecule has 0 spiro atoms. The van der Waals surface area contributed by atoms with E-state index in [1.165, 1.54) is 0 Å². The fraction of sp³-hybridized carbons (Fsp3) is 0.444. The van der Waals surface area contributed by atoms with Gasteiger partial charge < -0.3 is 9.15 Å². The van der Waals surface area contributed by atoms with E-state index in [-0.39, 0.29) is 11.6 Å². The van der Waals surface area contributed by atoms with Crippen LogP contribution in [0, 0.1) is 6.92 Å². The van der Waals surface area contributed by atoms with Gasteiger partial charge in [-0.3, -0.25) is 4.90 Å². The van der Waals surface area contributed by atoms with Gasteiger partial charge in [0.1, 0.15) is 11.5 Å². The van der Waals surface area contributed by atoms with E-state index in [1.54, 1.807) is 19.1 Å². The van der Waals surface area contributed by atoms with Gasteiger partial charge in [-0.1, -0.05) is 11.6 Å². The van der Waals surface area contributed by atoms with E-state index >= 15 is 0 Å². The third kappa shape index (κ3) is 5.32. The van der Waals surface area contributed by atoms with Crippen LogP contribution in [0.2, 0.25) is 5.02 Å². The summed E-state index contributed by atoms with van der Waals surface area (Å²) >= 11 is 5.64. The van der Waals surface area contributed by atoms with Gasteiger partial charge in [-0.05, 0) is 37.3 Å². The Hall–Kier alpha value is -1.59. The van der Waals surface area contributed by atoms with Gasteiger partial charge in [-0.2, -0.15) is 13.2 Å². The van der Waals surface area contributed by atoms with Crippen LogP contribution in [-0.2, 0) is 20.9 Å². The molecule has 1 aromatic carbocycles. The molecule has 1 aliphatic heterocycles. The van der Waals surface area contributed by atoms with E-state index in [9.17, 15) is 21.6 Å². The minimum atomic E-state index is -4.86. The van der Waals surface area contributed by atoms with Crippen molar-refractivity contribution in [2.45, 2.75) is 24.0 Å². The minimum absolute atomic E-state index is 0.158. The zero-order valence-corrected chi connectivity index (χ0v) is 17.1. The first-order chi connectivity index (χ1) is 13.6. The molecule has 0 saturated carbocycles. The summed E-state index contributed by atoms with van der Waals surface area (Å²) in [6.07, 6.45) is -4.86. The van der Waals surface area contributed by atoms with E-state index < -0.39 is 32.7 Å². The minimum Gasteiger partial charge on any atom is -0.465 e. The Labute approximate surface area is 171 Å². The highest BCUT2D eigenvalue weighted by molar-refractivity contribution is 7.89. The highest BCUT2D eigenvalue weighted by atomic mass is 35.5. The van der Waals surface area contributed by atoms with Crippen LogP contribution in [0.1, 0.15) is 23.1 Å². The van der Waals surface area contributed by atoms with Crippen molar-refractivity contribution < 1.29 is 30.7 Å². The average molecular weight is 453 g/mol. The van der Waals surface area contributed by atoms with Crippen LogP contribution in [0.15, 0.2) is 39.6 Å². The summed E-state index contributed by atoms with van der Waals surface area (Å²) in [5.74, 6) is 1.18. The van der Waals surface area contributed by atoms with Gasteiger partial charge in [0.25, 0.3) is 0 Å². The number of alkyl halides is 3. The van der Waals surface area contributed by atoms with Crippen LogP contribution in [-0.4, -0.2) is 46.2 Å². The molecule has 2 aromatic rings. The Morgan fingerprint density at radius 3 is 2.48 bits per heavy atom. The molecule has 0 amide bonds. The molecular formula is C18H20ClF3N2O4S. The van der Waals surface area contributed by atoms with E-state index in [0.717, 1.165) is 12.1 Å². The summed E-state index contributed by atoms with van der Waals surface area (Å²) in [5, 5.41) is -0.200. The quantitative estimate of drug-likeness (QED) is 0.725. The van der Waals surface area contributed by atoms with Crippen molar-refractivity contribution in [3.8, 4) is 0 Å². The van der Waals surface area contributed by atoms with Gasteiger partial charge in [-0.15, -0.1) is 0 Å². The Morgan fingerprint density at radius 2 is 1.90 bits per heavy atom. The molecular weight excluding hydrogens is 433 g/mol. The number of halogens is 4. The van der Waals surface area contributed by atoms with Gasteiger partial charge in [0.15, 0.2) is 0 Å². The van der Waals surface area contributed by atoms with Gasteiger partial charge in [0.2, 0.25) is 10.0 Å². The van der Waals surface area contributed by atoms with E-state index in [2.05, 4.69) is 4.72 Å². The molecule has 1 N–H and O–H groups in total. The number of benzene rings is 1. The van der Waals surface area contributed by atoms with Crippen LogP contribution < -0.4 is 4.72 Å². The molecule has 1 aliphatic rings. The predicted octanol–water partition coefficient (Wildman–Crippen LogP) is 3.61. The Morgan fingerprint density at radius 1 is 1.21 bits per heavy atom. The standard InChI is InChI=1S/C18H20ClF3N2O4S/c1-12-2-4-16(28-12)15(24-6-8-27-9-7-24)11-23-29(25,26)17-5-3-13(19)10-14(17)18(20,21)22/h2-5,10,15,23H,6-9,11H2,1H3. The van der Waals surface area contributed by atoms with Crippen LogP contribution in [0.4, 0.5) is 13.2 Å². The van der Waals surface area contributed by atoms with Crippen LogP contribution in [0.25, 0.3) is 0 Å². The predicted molar refractivity (Wildman–Crippen MR) is 100 cm³/mol. The highest BCUT2D eigenvalue weighted by Crippen LogP contribution is 2.36. The zero-order valence-electron chi connectivity index (χ0n) is 15.5. The molecule has 1 saturated heterocycles. The second-order valence-corrected chi connectivity index (χ2v) is 8.77. The number of furan rings is 1. The number of hydrogen-bond donors (Lipinski definition) is 1. The maximum atomic E-state index is 13.3. The second kappa shape index (κ2) is 8.65. The van der Waals surface area contributed by atoms with Gasteiger partial charge >= 0.3 is 6.18 Å². The SMILES string of the molecule is Cc1ccc(C(CNS(=O)(=O)c2ccc(Cl)cc2C(F)(F)F)N2CCOCC2)o1. The summed E-state index contributed by atoms with van der Waals surface area (Å²) in [5.41, 5.74) is -1.31. The van der Waals surface area contributed by atoms with E-state index in [1.807, 2.05) is 4.90 Å². The van der Waals surface area contributed by atoms with Crippen LogP contribution in [0.3, 0.4) is 0 Å². The van der Waals surface area contributed by atoms with Crippen molar-refractivity contribution >= 4 is 21.6 Å². The summed E-state index contributed by atoms with van der Waals surface area (Å²) in [4.78, 5) is 1.10. The fourth-order valence-corrected chi connectivity index (χ4v) is 4.57. The lowest BCUT2D eigenvalue weighted by Crippen LogP contribution is -2.43. The first-order valence-electron chi connectivity index (χ1n) is 8.82. The highest BCUT2D eigenvalue weighted by Gasteiger charge is 2.38. The molecule has 2 heterocycles. The summed E-state index contributed by atoms with van der Waals surface area (Å²) in [6.45, 7) is 3.63. The van der Waals surface area contributed by atoms with E-state index in [0.29, 0.717) is 43.9 Å². The largest absolute Gasteiger partial charge is 0.465 e. The van der Waals surface area contributed by atoms with Crippen molar-refractivity contribution in [3.63, 3.8) is 0 Å². The molecule has 0 radical (unpaired) electrons.